The maximum Gasteiger partial charge on any atom is 0.225 e. The van der Waals surface area contributed by atoms with Crippen molar-refractivity contribution in [2.45, 2.75) is 13.3 Å². The number of nitrogens with one attached hydrogen (secondary N) is 2. The number of benzene rings is 1. The van der Waals surface area contributed by atoms with Gasteiger partial charge in [0.15, 0.2) is 0 Å². The summed E-state index contributed by atoms with van der Waals surface area (Å²) in [5.74, 6) is 0.750. The fourth-order valence-corrected chi connectivity index (χ4v) is 2.39. The molecule has 0 unspecified atom stereocenters. The van der Waals surface area contributed by atoms with Gasteiger partial charge in [0.1, 0.15) is 11.6 Å². The van der Waals surface area contributed by atoms with Crippen LogP contribution in [0, 0.1) is 12.7 Å². The summed E-state index contributed by atoms with van der Waals surface area (Å²) in [5.41, 5.74) is 2.66. The monoisotopic (exact) mass is 353 g/mol. The molecule has 3 aromatic rings. The highest BCUT2D eigenvalue weighted by Crippen LogP contribution is 2.23. The molecule has 0 amide bonds. The van der Waals surface area contributed by atoms with Gasteiger partial charge in [0, 0.05) is 31.1 Å². The Labute approximate surface area is 151 Å². The standard InChI is InChI=1S/C19H20FN5O/c1-13-11-14(6-7-15(13)20)23-18-12-17(16-5-2-3-8-21-16)24-19(25-18)22-9-4-10-26/h2-3,5-8,11-12,26H,4,9-10H2,1H3,(H2,22,23,24,25). The van der Waals surface area contributed by atoms with Gasteiger partial charge in [0.05, 0.1) is 11.4 Å². The van der Waals surface area contributed by atoms with Gasteiger partial charge >= 0.3 is 0 Å². The number of hydrogen-bond acceptors (Lipinski definition) is 6. The van der Waals surface area contributed by atoms with Gasteiger partial charge < -0.3 is 15.7 Å². The van der Waals surface area contributed by atoms with Crippen molar-refractivity contribution in [3.8, 4) is 11.4 Å². The normalized spacial score (nSPS) is 10.6. The van der Waals surface area contributed by atoms with E-state index in [1.807, 2.05) is 18.2 Å². The summed E-state index contributed by atoms with van der Waals surface area (Å²) < 4.78 is 13.5. The van der Waals surface area contributed by atoms with Gasteiger partial charge in [-0.3, -0.25) is 4.98 Å². The molecular formula is C19H20FN5O. The smallest absolute Gasteiger partial charge is 0.225 e. The maximum atomic E-state index is 13.5. The number of aliphatic hydroxyl groups excluding tert-OH is 1. The molecule has 7 heteroatoms. The second-order valence-electron chi connectivity index (χ2n) is 5.77. The van der Waals surface area contributed by atoms with Crippen LogP contribution in [0.15, 0.2) is 48.7 Å². The fourth-order valence-electron chi connectivity index (χ4n) is 2.39. The van der Waals surface area contributed by atoms with Crippen molar-refractivity contribution in [3.63, 3.8) is 0 Å². The third-order valence-corrected chi connectivity index (χ3v) is 3.70. The van der Waals surface area contributed by atoms with Crippen LogP contribution in [0.2, 0.25) is 0 Å². The summed E-state index contributed by atoms with van der Waals surface area (Å²) in [6, 6.07) is 12.2. The third kappa shape index (κ3) is 4.52. The van der Waals surface area contributed by atoms with Crippen molar-refractivity contribution >= 4 is 17.5 Å². The van der Waals surface area contributed by atoms with E-state index in [0.717, 1.165) is 11.4 Å². The van der Waals surface area contributed by atoms with Gasteiger partial charge in [0.25, 0.3) is 0 Å². The Morgan fingerprint density at radius 2 is 1.96 bits per heavy atom. The predicted octanol–water partition coefficient (Wildman–Crippen LogP) is 3.52. The number of aromatic nitrogens is 3. The Morgan fingerprint density at radius 1 is 1.08 bits per heavy atom. The van der Waals surface area contributed by atoms with Crippen LogP contribution in [0.1, 0.15) is 12.0 Å². The molecule has 0 saturated carbocycles. The molecule has 2 aromatic heterocycles. The van der Waals surface area contributed by atoms with Crippen LogP contribution >= 0.6 is 0 Å². The van der Waals surface area contributed by atoms with Crippen LogP contribution in [0.4, 0.5) is 21.8 Å². The molecule has 0 radical (unpaired) electrons. The van der Waals surface area contributed by atoms with Gasteiger partial charge in [-0.15, -0.1) is 0 Å². The van der Waals surface area contributed by atoms with Crippen LogP contribution in [0.3, 0.4) is 0 Å². The van der Waals surface area contributed by atoms with E-state index in [9.17, 15) is 4.39 Å². The van der Waals surface area contributed by atoms with Gasteiger partial charge in [-0.2, -0.15) is 4.98 Å². The minimum absolute atomic E-state index is 0.0902. The van der Waals surface area contributed by atoms with E-state index in [4.69, 9.17) is 5.11 Å². The predicted molar refractivity (Wildman–Crippen MR) is 99.9 cm³/mol. The van der Waals surface area contributed by atoms with Crippen molar-refractivity contribution in [1.82, 2.24) is 15.0 Å². The quantitative estimate of drug-likeness (QED) is 0.564. The molecule has 0 aliphatic heterocycles. The highest BCUT2D eigenvalue weighted by molar-refractivity contribution is 5.65. The molecule has 0 fully saturated rings. The molecule has 3 rings (SSSR count). The number of rotatable bonds is 7. The zero-order valence-corrected chi connectivity index (χ0v) is 14.4. The SMILES string of the molecule is Cc1cc(Nc2cc(-c3ccccn3)nc(NCCCO)n2)ccc1F. The van der Waals surface area contributed by atoms with Gasteiger partial charge in [-0.1, -0.05) is 6.07 Å². The number of halogens is 1. The van der Waals surface area contributed by atoms with Gasteiger partial charge in [-0.25, -0.2) is 9.37 Å². The van der Waals surface area contributed by atoms with Gasteiger partial charge in [-0.05, 0) is 49.2 Å². The first-order valence-corrected chi connectivity index (χ1v) is 8.34. The van der Waals surface area contributed by atoms with E-state index >= 15 is 0 Å². The largest absolute Gasteiger partial charge is 0.396 e. The van der Waals surface area contributed by atoms with Crippen molar-refractivity contribution < 1.29 is 9.50 Å². The summed E-state index contributed by atoms with van der Waals surface area (Å²) in [4.78, 5) is 13.2. The Morgan fingerprint density at radius 3 is 2.69 bits per heavy atom. The topological polar surface area (TPSA) is 83.0 Å². The number of anilines is 3. The Hall–Kier alpha value is -3.06. The number of pyridine rings is 1. The lowest BCUT2D eigenvalue weighted by atomic mass is 10.2. The summed E-state index contributed by atoms with van der Waals surface area (Å²) in [7, 11) is 0. The molecule has 0 saturated heterocycles. The average molecular weight is 353 g/mol. The number of nitrogens with zero attached hydrogens (tertiary/aromatic N) is 3. The summed E-state index contributed by atoms with van der Waals surface area (Å²) >= 11 is 0. The van der Waals surface area contributed by atoms with Gasteiger partial charge in [0.2, 0.25) is 5.95 Å². The van der Waals surface area contributed by atoms with E-state index in [-0.39, 0.29) is 12.4 Å². The van der Waals surface area contributed by atoms with E-state index in [2.05, 4.69) is 25.6 Å². The first-order valence-electron chi connectivity index (χ1n) is 8.34. The van der Waals surface area contributed by atoms with Crippen LogP contribution in [0.25, 0.3) is 11.4 Å². The van der Waals surface area contributed by atoms with E-state index < -0.39 is 0 Å². The first kappa shape index (κ1) is 17.8. The molecule has 0 aliphatic carbocycles. The van der Waals surface area contributed by atoms with Crippen molar-refractivity contribution in [2.24, 2.45) is 0 Å². The van der Waals surface area contributed by atoms with E-state index in [1.165, 1.54) is 6.07 Å². The Bertz CT molecular complexity index is 873. The van der Waals surface area contributed by atoms with Crippen molar-refractivity contribution in [3.05, 3.63) is 60.0 Å². The molecule has 0 atom stereocenters. The van der Waals surface area contributed by atoms with Crippen LogP contribution in [-0.4, -0.2) is 33.2 Å². The molecule has 2 heterocycles. The fraction of sp³-hybridized carbons (Fsp3) is 0.211. The molecule has 0 aliphatic rings. The maximum absolute atomic E-state index is 13.5. The molecule has 26 heavy (non-hydrogen) atoms. The third-order valence-electron chi connectivity index (χ3n) is 3.70. The molecule has 0 spiro atoms. The Balaban J connectivity index is 1.91. The first-order chi connectivity index (χ1) is 12.7. The zero-order chi connectivity index (χ0) is 18.4. The number of aryl methyl sites for hydroxylation is 1. The molecular weight excluding hydrogens is 333 g/mol. The summed E-state index contributed by atoms with van der Waals surface area (Å²) in [6.07, 6.45) is 2.30. The van der Waals surface area contributed by atoms with Crippen LogP contribution < -0.4 is 10.6 Å². The zero-order valence-electron chi connectivity index (χ0n) is 14.4. The lowest BCUT2D eigenvalue weighted by Gasteiger charge is -2.11. The summed E-state index contributed by atoms with van der Waals surface area (Å²) in [5, 5.41) is 15.2. The highest BCUT2D eigenvalue weighted by Gasteiger charge is 2.09. The second-order valence-corrected chi connectivity index (χ2v) is 5.77. The lowest BCUT2D eigenvalue weighted by Crippen LogP contribution is -2.09. The van der Waals surface area contributed by atoms with Crippen LogP contribution in [0.5, 0.6) is 0 Å². The second kappa shape index (κ2) is 8.35. The molecule has 6 nitrogen and oxygen atoms in total. The molecule has 0 bridgehead atoms. The number of hydrogen-bond donors (Lipinski definition) is 3. The highest BCUT2D eigenvalue weighted by atomic mass is 19.1. The lowest BCUT2D eigenvalue weighted by molar-refractivity contribution is 0.292. The number of aliphatic hydroxyl groups is 1. The molecule has 134 valence electrons. The molecule has 1 aromatic carbocycles. The summed E-state index contributed by atoms with van der Waals surface area (Å²) in [6.45, 7) is 2.35. The molecule has 3 N–H and O–H groups in total. The average Bonchev–Trinajstić information content (AvgIpc) is 2.66. The van der Waals surface area contributed by atoms with Crippen molar-refractivity contribution in [1.29, 1.82) is 0 Å². The van der Waals surface area contributed by atoms with Crippen LogP contribution in [-0.2, 0) is 0 Å². The minimum atomic E-state index is -0.251. The minimum Gasteiger partial charge on any atom is -0.396 e. The Kier molecular flexibility index (Phi) is 5.70. The van der Waals surface area contributed by atoms with Crippen molar-refractivity contribution in [2.75, 3.05) is 23.8 Å². The van der Waals surface area contributed by atoms with E-state index in [1.54, 1.807) is 31.3 Å². The van der Waals surface area contributed by atoms with E-state index in [0.29, 0.717) is 36.0 Å².